The number of pyridine rings is 1. The predicted octanol–water partition coefficient (Wildman–Crippen LogP) is 0.144. The zero-order valence-corrected chi connectivity index (χ0v) is 9.63. The first-order valence-corrected chi connectivity index (χ1v) is 6.20. The molecule has 0 bridgehead atoms. The molecule has 0 aliphatic heterocycles. The third-order valence-corrected chi connectivity index (χ3v) is 3.31. The van der Waals surface area contributed by atoms with Gasteiger partial charge >= 0.3 is 13.6 Å². The maximum absolute atomic E-state index is 11.2. The van der Waals surface area contributed by atoms with Gasteiger partial charge in [0.1, 0.15) is 5.30 Å². The van der Waals surface area contributed by atoms with E-state index in [2.05, 4.69) is 4.98 Å². The first-order chi connectivity index (χ1) is 7.80. The first-order valence-electron chi connectivity index (χ1n) is 4.59. The van der Waals surface area contributed by atoms with Crippen molar-refractivity contribution < 1.29 is 24.3 Å². The Hall–Kier alpha value is -1.69. The van der Waals surface area contributed by atoms with E-state index in [1.54, 1.807) is 6.92 Å². The van der Waals surface area contributed by atoms with Gasteiger partial charge in [0.15, 0.2) is 11.3 Å². The van der Waals surface area contributed by atoms with E-state index < -0.39 is 13.6 Å². The number of carboxylic acids is 1. The van der Waals surface area contributed by atoms with Crippen molar-refractivity contribution in [2.24, 2.45) is 0 Å². The van der Waals surface area contributed by atoms with Crippen molar-refractivity contribution in [1.82, 2.24) is 9.38 Å². The highest BCUT2D eigenvalue weighted by Gasteiger charge is 2.24. The van der Waals surface area contributed by atoms with E-state index in [-0.39, 0.29) is 16.6 Å². The Labute approximate surface area is 95.5 Å². The second-order valence-corrected chi connectivity index (χ2v) is 5.10. The van der Waals surface area contributed by atoms with E-state index in [1.807, 2.05) is 0 Å². The summed E-state index contributed by atoms with van der Waals surface area (Å²) in [7, 11) is -4.48. The molecule has 0 atom stereocenters. The second-order valence-electron chi connectivity index (χ2n) is 3.53. The van der Waals surface area contributed by atoms with Gasteiger partial charge in [-0.15, -0.1) is 0 Å². The molecule has 2 aromatic rings. The number of hydrogen-bond acceptors (Lipinski definition) is 3. The van der Waals surface area contributed by atoms with Crippen molar-refractivity contribution in [2.45, 2.75) is 6.92 Å². The fourth-order valence-electron chi connectivity index (χ4n) is 1.51. The van der Waals surface area contributed by atoms with Crippen LogP contribution in [0.3, 0.4) is 0 Å². The molecule has 0 amide bonds. The minimum absolute atomic E-state index is 0.0317. The van der Waals surface area contributed by atoms with Crippen LogP contribution in [0.25, 0.3) is 5.65 Å². The van der Waals surface area contributed by atoms with Gasteiger partial charge in [0, 0.05) is 11.9 Å². The molecular formula is C9H9N2O5P. The van der Waals surface area contributed by atoms with Crippen LogP contribution in [0.15, 0.2) is 18.3 Å². The summed E-state index contributed by atoms with van der Waals surface area (Å²) >= 11 is 0. The van der Waals surface area contributed by atoms with Gasteiger partial charge in [0.05, 0.1) is 0 Å². The Morgan fingerprint density at radius 2 is 2.06 bits per heavy atom. The molecule has 2 heterocycles. The van der Waals surface area contributed by atoms with E-state index in [1.165, 1.54) is 22.7 Å². The summed E-state index contributed by atoms with van der Waals surface area (Å²) in [6, 6.07) is 2.75. The number of fused-ring (bicyclic) bond motifs is 1. The molecule has 0 saturated carbocycles. The van der Waals surface area contributed by atoms with Gasteiger partial charge in [-0.2, -0.15) is 0 Å². The minimum Gasteiger partial charge on any atom is -0.476 e. The lowest BCUT2D eigenvalue weighted by Crippen LogP contribution is -2.10. The Bertz CT molecular complexity index is 657. The quantitative estimate of drug-likeness (QED) is 0.659. The summed E-state index contributed by atoms with van der Waals surface area (Å²) in [5.74, 6) is -1.25. The Balaban J connectivity index is 2.85. The van der Waals surface area contributed by atoms with Crippen molar-refractivity contribution in [1.29, 1.82) is 0 Å². The van der Waals surface area contributed by atoms with Crippen molar-refractivity contribution in [2.75, 3.05) is 0 Å². The lowest BCUT2D eigenvalue weighted by atomic mass is 10.4. The number of rotatable bonds is 2. The molecule has 3 N–H and O–H groups in total. The molecule has 0 aliphatic carbocycles. The summed E-state index contributed by atoms with van der Waals surface area (Å²) in [6.45, 7) is 1.68. The fourth-order valence-corrected chi connectivity index (χ4v) is 2.20. The third kappa shape index (κ3) is 1.95. The van der Waals surface area contributed by atoms with Gasteiger partial charge in [0.25, 0.3) is 0 Å². The van der Waals surface area contributed by atoms with Gasteiger partial charge < -0.3 is 19.3 Å². The SMILES string of the molecule is Cc1ccc(P(=O)(O)O)c2nc(C(=O)O)cn12. The molecule has 0 spiro atoms. The Morgan fingerprint density at radius 3 is 2.59 bits per heavy atom. The first kappa shape index (κ1) is 11.8. The molecule has 8 heteroatoms. The third-order valence-electron chi connectivity index (χ3n) is 2.33. The van der Waals surface area contributed by atoms with Gasteiger partial charge in [0.2, 0.25) is 0 Å². The smallest absolute Gasteiger partial charge is 0.359 e. The van der Waals surface area contributed by atoms with Crippen molar-refractivity contribution in [3.63, 3.8) is 0 Å². The second kappa shape index (κ2) is 3.66. The average Bonchev–Trinajstić information content (AvgIpc) is 2.61. The Morgan fingerprint density at radius 1 is 1.41 bits per heavy atom. The van der Waals surface area contributed by atoms with Crippen LogP contribution in [0.5, 0.6) is 0 Å². The molecule has 2 aromatic heterocycles. The van der Waals surface area contributed by atoms with E-state index >= 15 is 0 Å². The maximum atomic E-state index is 11.2. The van der Waals surface area contributed by atoms with Crippen LogP contribution in [0.2, 0.25) is 0 Å². The summed E-state index contributed by atoms with van der Waals surface area (Å²) < 4.78 is 12.6. The number of aryl methyl sites for hydroxylation is 1. The molecule has 0 radical (unpaired) electrons. The normalized spacial score (nSPS) is 11.9. The maximum Gasteiger partial charge on any atom is 0.359 e. The summed E-state index contributed by atoms with van der Waals surface area (Å²) in [4.78, 5) is 32.8. The lowest BCUT2D eigenvalue weighted by molar-refractivity contribution is 0.0691. The number of nitrogens with zero attached hydrogens (tertiary/aromatic N) is 2. The molecule has 7 nitrogen and oxygen atoms in total. The molecule has 2 rings (SSSR count). The largest absolute Gasteiger partial charge is 0.476 e. The topological polar surface area (TPSA) is 112 Å². The standard InChI is InChI=1S/C9H9N2O5P/c1-5-2-3-7(17(14,15)16)8-10-6(9(12)13)4-11(5)8/h2-4H,1H3,(H,12,13)(H2,14,15,16). The summed E-state index contributed by atoms with van der Waals surface area (Å²) in [6.07, 6.45) is 1.23. The van der Waals surface area contributed by atoms with E-state index in [0.717, 1.165) is 0 Å². The monoisotopic (exact) mass is 256 g/mol. The zero-order valence-electron chi connectivity index (χ0n) is 8.73. The minimum atomic E-state index is -4.48. The molecule has 0 aliphatic rings. The van der Waals surface area contributed by atoms with Crippen LogP contribution < -0.4 is 5.30 Å². The predicted molar refractivity (Wildman–Crippen MR) is 58.6 cm³/mol. The highest BCUT2D eigenvalue weighted by atomic mass is 31.2. The van der Waals surface area contributed by atoms with Crippen LogP contribution in [0.4, 0.5) is 0 Å². The zero-order chi connectivity index (χ0) is 12.8. The fraction of sp³-hybridized carbons (Fsp3) is 0.111. The van der Waals surface area contributed by atoms with Gasteiger partial charge in [-0.05, 0) is 19.1 Å². The number of imidazole rings is 1. The molecule has 0 fully saturated rings. The van der Waals surface area contributed by atoms with Crippen LogP contribution in [0.1, 0.15) is 16.2 Å². The average molecular weight is 256 g/mol. The van der Waals surface area contributed by atoms with Crippen molar-refractivity contribution >= 4 is 24.5 Å². The van der Waals surface area contributed by atoms with Gasteiger partial charge in [-0.3, -0.25) is 4.57 Å². The van der Waals surface area contributed by atoms with E-state index in [9.17, 15) is 9.36 Å². The number of aromatic nitrogens is 2. The molecule has 0 saturated heterocycles. The lowest BCUT2D eigenvalue weighted by Gasteiger charge is -2.07. The summed E-state index contributed by atoms with van der Waals surface area (Å²) in [5.41, 5.74) is 0.349. The molecule has 90 valence electrons. The number of carboxylic acid groups (broad SMARTS) is 1. The molecule has 0 aromatic carbocycles. The van der Waals surface area contributed by atoms with Gasteiger partial charge in [-0.1, -0.05) is 0 Å². The summed E-state index contributed by atoms with van der Waals surface area (Å²) in [5, 5.41) is 8.52. The Kier molecular flexibility index (Phi) is 2.54. The molecule has 0 unspecified atom stereocenters. The van der Waals surface area contributed by atoms with Crippen LogP contribution in [-0.2, 0) is 4.57 Å². The van der Waals surface area contributed by atoms with Crippen molar-refractivity contribution in [3.05, 3.63) is 29.7 Å². The van der Waals surface area contributed by atoms with Crippen LogP contribution >= 0.6 is 7.60 Å². The van der Waals surface area contributed by atoms with E-state index in [0.29, 0.717) is 5.69 Å². The van der Waals surface area contributed by atoms with E-state index in [4.69, 9.17) is 14.9 Å². The molecule has 17 heavy (non-hydrogen) atoms. The highest BCUT2D eigenvalue weighted by molar-refractivity contribution is 7.60. The van der Waals surface area contributed by atoms with Crippen molar-refractivity contribution in [3.8, 4) is 0 Å². The highest BCUT2D eigenvalue weighted by Crippen LogP contribution is 2.34. The number of aromatic carboxylic acids is 1. The van der Waals surface area contributed by atoms with Crippen LogP contribution in [-0.4, -0.2) is 30.2 Å². The molecular weight excluding hydrogens is 247 g/mol. The number of carbonyl (C=O) groups is 1. The van der Waals surface area contributed by atoms with Gasteiger partial charge in [-0.25, -0.2) is 9.78 Å². The number of hydrogen-bond donors (Lipinski definition) is 3. The van der Waals surface area contributed by atoms with Crippen LogP contribution in [0, 0.1) is 6.92 Å².